The van der Waals surface area contributed by atoms with Crippen molar-refractivity contribution in [2.24, 2.45) is 5.73 Å². The van der Waals surface area contributed by atoms with E-state index in [1.807, 2.05) is 30.0 Å². The number of anilines is 2. The molecular formula is C30H40FN5O5. The molecule has 2 amide bonds. The number of primary amides is 1. The van der Waals surface area contributed by atoms with E-state index in [1.165, 1.54) is 12.0 Å². The lowest BCUT2D eigenvalue weighted by atomic mass is 9.92. The Morgan fingerprint density at radius 1 is 1.12 bits per heavy atom. The second kappa shape index (κ2) is 13.4. The van der Waals surface area contributed by atoms with Crippen molar-refractivity contribution in [2.75, 3.05) is 57.9 Å². The molecule has 0 spiro atoms. The van der Waals surface area contributed by atoms with Gasteiger partial charge >= 0.3 is 12.0 Å². The summed E-state index contributed by atoms with van der Waals surface area (Å²) in [5, 5.41) is 3.20. The van der Waals surface area contributed by atoms with E-state index in [1.54, 1.807) is 36.1 Å². The Balaban J connectivity index is 1.55. The number of para-hydroxylation sites is 1. The summed E-state index contributed by atoms with van der Waals surface area (Å²) in [5.41, 5.74) is 8.20. The average Bonchev–Trinajstić information content (AvgIpc) is 3.50. The molecule has 0 saturated carbocycles. The summed E-state index contributed by atoms with van der Waals surface area (Å²) in [6, 6.07) is 11.1. The molecule has 0 bridgehead atoms. The zero-order valence-electron chi connectivity index (χ0n) is 24.0. The average molecular weight is 570 g/mol. The summed E-state index contributed by atoms with van der Waals surface area (Å²) in [7, 11) is 1.47. The number of carbonyl (C=O) groups is 3. The van der Waals surface area contributed by atoms with Gasteiger partial charge in [-0.05, 0) is 62.6 Å². The molecule has 0 radical (unpaired) electrons. The van der Waals surface area contributed by atoms with Gasteiger partial charge in [0.05, 0.1) is 37.7 Å². The van der Waals surface area contributed by atoms with Gasteiger partial charge in [0.2, 0.25) is 5.79 Å². The topological polar surface area (TPSA) is 117 Å². The standard InChI is InChI=1S/C30H40FN5O5/c1-4-41-28(38)20-34-14-16-35(17-15-34)30(31,26-10-7-13-33-26)27(37)19-22-11-12-24(25(18-22)40-3)36(29(32)39)23-9-6-5-8-21(23)2/h5-6,8-9,11-12,18,26,33H,4,7,10,13-17,19-20H2,1-3H3,(H2,32,39). The number of hydrogen-bond donors (Lipinski definition) is 2. The van der Waals surface area contributed by atoms with E-state index in [4.69, 9.17) is 15.2 Å². The molecule has 2 aliphatic heterocycles. The molecule has 2 atom stereocenters. The van der Waals surface area contributed by atoms with Crippen molar-refractivity contribution < 1.29 is 28.2 Å². The molecule has 0 aliphatic carbocycles. The Hall–Kier alpha value is -3.54. The lowest BCUT2D eigenvalue weighted by Gasteiger charge is -2.44. The molecule has 3 N–H and O–H groups in total. The quantitative estimate of drug-likeness (QED) is 0.314. The molecule has 10 nitrogen and oxygen atoms in total. The van der Waals surface area contributed by atoms with Gasteiger partial charge in [0, 0.05) is 32.6 Å². The number of Topliss-reactive ketones (excluding diaryl/α,β-unsaturated/α-hetero) is 1. The molecule has 2 aliphatic rings. The lowest BCUT2D eigenvalue weighted by molar-refractivity contribution is -0.154. The van der Waals surface area contributed by atoms with E-state index in [9.17, 15) is 14.4 Å². The Morgan fingerprint density at radius 2 is 1.85 bits per heavy atom. The molecule has 41 heavy (non-hydrogen) atoms. The minimum Gasteiger partial charge on any atom is -0.495 e. The van der Waals surface area contributed by atoms with Crippen molar-refractivity contribution in [2.45, 2.75) is 44.9 Å². The summed E-state index contributed by atoms with van der Waals surface area (Å²) < 4.78 is 27.7. The molecule has 2 heterocycles. The minimum absolute atomic E-state index is 0.146. The second-order valence-corrected chi connectivity index (χ2v) is 10.5. The van der Waals surface area contributed by atoms with Crippen LogP contribution >= 0.6 is 0 Å². The highest BCUT2D eigenvalue weighted by molar-refractivity contribution is 6.00. The molecular weight excluding hydrogens is 529 g/mol. The zero-order valence-corrected chi connectivity index (χ0v) is 24.0. The number of piperazine rings is 1. The fraction of sp³-hybridized carbons (Fsp3) is 0.500. The SMILES string of the molecule is CCOC(=O)CN1CCN(C(F)(C(=O)Cc2ccc(N(C(N)=O)c3ccccc3C)c(OC)c2)C2CCCN2)CC1. The fourth-order valence-electron chi connectivity index (χ4n) is 5.73. The predicted octanol–water partition coefficient (Wildman–Crippen LogP) is 2.93. The van der Waals surface area contributed by atoms with Crippen LogP contribution in [0.25, 0.3) is 0 Å². The highest BCUT2D eigenvalue weighted by atomic mass is 19.1. The van der Waals surface area contributed by atoms with Crippen molar-refractivity contribution in [1.82, 2.24) is 15.1 Å². The number of nitrogens with one attached hydrogen (secondary N) is 1. The third-order valence-corrected chi connectivity index (χ3v) is 7.83. The smallest absolute Gasteiger partial charge is 0.324 e. The van der Waals surface area contributed by atoms with E-state index in [-0.39, 0.29) is 18.9 Å². The van der Waals surface area contributed by atoms with Crippen LogP contribution in [0, 0.1) is 6.92 Å². The number of carbonyl (C=O) groups excluding carboxylic acids is 3. The Bertz CT molecular complexity index is 1250. The summed E-state index contributed by atoms with van der Waals surface area (Å²) >= 11 is 0. The van der Waals surface area contributed by atoms with Crippen LogP contribution in [0.1, 0.15) is 30.9 Å². The molecule has 222 valence electrons. The van der Waals surface area contributed by atoms with Gasteiger partial charge in [-0.15, -0.1) is 0 Å². The van der Waals surface area contributed by atoms with Crippen LogP contribution in [0.15, 0.2) is 42.5 Å². The Morgan fingerprint density at radius 3 is 2.46 bits per heavy atom. The van der Waals surface area contributed by atoms with Crippen LogP contribution in [0.3, 0.4) is 0 Å². The Labute approximate surface area is 240 Å². The predicted molar refractivity (Wildman–Crippen MR) is 154 cm³/mol. The number of esters is 1. The molecule has 4 rings (SSSR count). The van der Waals surface area contributed by atoms with Crippen molar-refractivity contribution in [3.05, 3.63) is 53.6 Å². The first kappa shape index (κ1) is 30.4. The van der Waals surface area contributed by atoms with Crippen LogP contribution in [0.5, 0.6) is 5.75 Å². The number of amides is 2. The second-order valence-electron chi connectivity index (χ2n) is 10.5. The van der Waals surface area contributed by atoms with Crippen molar-refractivity contribution in [3.63, 3.8) is 0 Å². The van der Waals surface area contributed by atoms with E-state index < -0.39 is 23.6 Å². The highest BCUT2D eigenvalue weighted by Crippen LogP contribution is 2.37. The summed E-state index contributed by atoms with van der Waals surface area (Å²) in [6.07, 6.45) is 1.18. The summed E-state index contributed by atoms with van der Waals surface area (Å²) in [6.45, 7) is 6.27. The van der Waals surface area contributed by atoms with Gasteiger partial charge in [-0.3, -0.25) is 24.3 Å². The molecule has 2 aromatic carbocycles. The number of ketones is 1. The third kappa shape index (κ3) is 6.69. The number of methoxy groups -OCH3 is 1. The van der Waals surface area contributed by atoms with Crippen LogP contribution in [-0.2, 0) is 20.7 Å². The first-order chi connectivity index (χ1) is 19.7. The van der Waals surface area contributed by atoms with E-state index in [0.717, 1.165) is 12.0 Å². The van der Waals surface area contributed by atoms with Crippen molar-refractivity contribution >= 4 is 29.2 Å². The first-order valence-electron chi connectivity index (χ1n) is 14.1. The molecule has 2 saturated heterocycles. The van der Waals surface area contributed by atoms with Crippen LogP contribution in [0.4, 0.5) is 20.6 Å². The molecule has 0 aromatic heterocycles. The number of aryl methyl sites for hydroxylation is 1. The number of halogens is 1. The maximum Gasteiger partial charge on any atom is 0.324 e. The first-order valence-corrected chi connectivity index (χ1v) is 14.1. The monoisotopic (exact) mass is 569 g/mol. The van der Waals surface area contributed by atoms with E-state index in [0.29, 0.717) is 68.4 Å². The molecule has 11 heteroatoms. The number of nitrogens with zero attached hydrogens (tertiary/aromatic N) is 3. The van der Waals surface area contributed by atoms with Gasteiger partial charge in [-0.25, -0.2) is 9.18 Å². The van der Waals surface area contributed by atoms with Crippen LogP contribution in [0.2, 0.25) is 0 Å². The summed E-state index contributed by atoms with van der Waals surface area (Å²) in [4.78, 5) is 43.1. The maximum atomic E-state index is 17.0. The number of benzene rings is 2. The number of hydrogen-bond acceptors (Lipinski definition) is 8. The van der Waals surface area contributed by atoms with Crippen LogP contribution < -0.4 is 20.7 Å². The third-order valence-electron chi connectivity index (χ3n) is 7.83. The lowest BCUT2D eigenvalue weighted by Crippen LogP contribution is -2.66. The van der Waals surface area contributed by atoms with Gasteiger partial charge in [0.1, 0.15) is 5.75 Å². The molecule has 2 aromatic rings. The zero-order chi connectivity index (χ0) is 29.6. The number of nitrogens with two attached hydrogens (primary N) is 1. The summed E-state index contributed by atoms with van der Waals surface area (Å²) in [5.74, 6) is -2.72. The number of rotatable bonds is 11. The highest BCUT2D eigenvalue weighted by Gasteiger charge is 2.52. The fourth-order valence-corrected chi connectivity index (χ4v) is 5.73. The van der Waals surface area contributed by atoms with E-state index in [2.05, 4.69) is 5.32 Å². The van der Waals surface area contributed by atoms with Crippen LogP contribution in [-0.4, -0.2) is 92.4 Å². The van der Waals surface area contributed by atoms with Crippen molar-refractivity contribution in [3.8, 4) is 5.75 Å². The van der Waals surface area contributed by atoms with Gasteiger partial charge in [-0.1, -0.05) is 24.3 Å². The van der Waals surface area contributed by atoms with Gasteiger partial charge in [0.25, 0.3) is 0 Å². The minimum atomic E-state index is -2.21. The Kier molecular flexibility index (Phi) is 9.95. The van der Waals surface area contributed by atoms with E-state index >= 15 is 4.39 Å². The number of urea groups is 1. The number of ether oxygens (including phenoxy) is 2. The normalized spacial score (nSPS) is 19.4. The van der Waals surface area contributed by atoms with Gasteiger partial charge in [-0.2, -0.15) is 0 Å². The molecule has 2 unspecified atom stereocenters. The number of alkyl halides is 1. The van der Waals surface area contributed by atoms with Crippen molar-refractivity contribution in [1.29, 1.82) is 0 Å². The molecule has 2 fully saturated rings. The van der Waals surface area contributed by atoms with Gasteiger partial charge < -0.3 is 20.5 Å². The maximum absolute atomic E-state index is 17.0. The largest absolute Gasteiger partial charge is 0.495 e. The van der Waals surface area contributed by atoms with Gasteiger partial charge in [0.15, 0.2) is 5.78 Å².